The maximum Gasteiger partial charge on any atom is 0.314 e. The molecular formula is C10H9Cl5O3. The molecule has 1 rings (SSSR count). The molecule has 102 valence electrons. The van der Waals surface area contributed by atoms with Gasteiger partial charge in [0.15, 0.2) is 0 Å². The van der Waals surface area contributed by atoms with Crippen LogP contribution in [0.4, 0.5) is 0 Å². The van der Waals surface area contributed by atoms with Gasteiger partial charge in [0.25, 0.3) is 0 Å². The van der Waals surface area contributed by atoms with Gasteiger partial charge in [-0.05, 0) is 0 Å². The van der Waals surface area contributed by atoms with Crippen LogP contribution >= 0.6 is 58.0 Å². The second kappa shape index (κ2) is 6.33. The molecule has 0 aliphatic rings. The highest BCUT2D eigenvalue weighted by atomic mass is 35.5. The molecule has 0 fully saturated rings. The molecular weight excluding hydrogens is 345 g/mol. The zero-order valence-electron chi connectivity index (χ0n) is 9.61. The first-order chi connectivity index (χ1) is 8.36. The Kier molecular flexibility index (Phi) is 5.84. The monoisotopic (exact) mass is 352 g/mol. The lowest BCUT2D eigenvalue weighted by Gasteiger charge is -2.31. The third-order valence-corrected chi connectivity index (χ3v) is 4.60. The van der Waals surface area contributed by atoms with Gasteiger partial charge in [0, 0.05) is 21.3 Å². The molecule has 1 aromatic rings. The summed E-state index contributed by atoms with van der Waals surface area (Å²) in [7, 11) is 4.07. The van der Waals surface area contributed by atoms with Crippen LogP contribution in [-0.2, 0) is 20.2 Å². The summed E-state index contributed by atoms with van der Waals surface area (Å²) in [6, 6.07) is 0. The number of hydrogen-bond donors (Lipinski definition) is 0. The number of benzene rings is 1. The molecule has 0 aliphatic heterocycles. The quantitative estimate of drug-likeness (QED) is 0.432. The van der Waals surface area contributed by atoms with E-state index in [-0.39, 0.29) is 30.7 Å². The maximum atomic E-state index is 6.10. The zero-order chi connectivity index (χ0) is 14.1. The van der Waals surface area contributed by atoms with Crippen molar-refractivity contribution in [2.75, 3.05) is 21.3 Å². The van der Waals surface area contributed by atoms with Crippen molar-refractivity contribution in [3.05, 3.63) is 30.7 Å². The molecule has 0 N–H and O–H groups in total. The van der Waals surface area contributed by atoms with Gasteiger partial charge < -0.3 is 14.2 Å². The molecule has 0 aliphatic carbocycles. The fourth-order valence-corrected chi connectivity index (χ4v) is 2.80. The Labute approximate surface area is 130 Å². The Morgan fingerprint density at radius 3 is 1.17 bits per heavy atom. The highest BCUT2D eigenvalue weighted by Crippen LogP contribution is 2.48. The lowest BCUT2D eigenvalue weighted by atomic mass is 10.1. The first-order valence-corrected chi connectivity index (χ1v) is 6.42. The van der Waals surface area contributed by atoms with Crippen molar-refractivity contribution in [1.29, 1.82) is 0 Å². The summed E-state index contributed by atoms with van der Waals surface area (Å²) >= 11 is 30.0. The zero-order valence-corrected chi connectivity index (χ0v) is 13.4. The fourth-order valence-electron chi connectivity index (χ4n) is 1.43. The van der Waals surface area contributed by atoms with Crippen LogP contribution in [-0.4, -0.2) is 21.3 Å². The fraction of sp³-hybridized carbons (Fsp3) is 0.400. The van der Waals surface area contributed by atoms with E-state index < -0.39 is 5.97 Å². The van der Waals surface area contributed by atoms with Crippen LogP contribution in [0.3, 0.4) is 0 Å². The van der Waals surface area contributed by atoms with Gasteiger partial charge in [-0.25, -0.2) is 0 Å². The molecule has 0 saturated heterocycles. The summed E-state index contributed by atoms with van der Waals surface area (Å²) in [5.74, 6) is -1.62. The van der Waals surface area contributed by atoms with Crippen LogP contribution in [0.25, 0.3) is 0 Å². The van der Waals surface area contributed by atoms with Crippen molar-refractivity contribution in [3.8, 4) is 0 Å². The summed E-state index contributed by atoms with van der Waals surface area (Å²) in [6.45, 7) is 0. The molecule has 8 heteroatoms. The van der Waals surface area contributed by atoms with Gasteiger partial charge in [-0.3, -0.25) is 0 Å². The Hall–Kier alpha value is 0.550. The van der Waals surface area contributed by atoms with Crippen LogP contribution in [0.2, 0.25) is 25.1 Å². The topological polar surface area (TPSA) is 27.7 Å². The SMILES string of the molecule is COC(OC)(OC)c1c(Cl)c(Cl)c(Cl)c(Cl)c1Cl. The van der Waals surface area contributed by atoms with Gasteiger partial charge in [-0.15, -0.1) is 0 Å². The first kappa shape index (κ1) is 16.6. The second-order valence-electron chi connectivity index (χ2n) is 3.11. The average Bonchev–Trinajstić information content (AvgIpc) is 2.39. The van der Waals surface area contributed by atoms with E-state index in [2.05, 4.69) is 0 Å². The highest BCUT2D eigenvalue weighted by molar-refractivity contribution is 6.55. The van der Waals surface area contributed by atoms with E-state index in [9.17, 15) is 0 Å². The Balaban J connectivity index is 3.69. The number of ether oxygens (including phenoxy) is 3. The number of hydrogen-bond acceptors (Lipinski definition) is 3. The minimum Gasteiger partial charge on any atom is -0.327 e. The van der Waals surface area contributed by atoms with Gasteiger partial charge in [-0.2, -0.15) is 0 Å². The lowest BCUT2D eigenvalue weighted by molar-refractivity contribution is -0.364. The normalized spacial score (nSPS) is 12.0. The predicted molar refractivity (Wildman–Crippen MR) is 74.2 cm³/mol. The molecule has 0 bridgehead atoms. The molecule has 0 amide bonds. The molecule has 18 heavy (non-hydrogen) atoms. The Morgan fingerprint density at radius 1 is 0.611 bits per heavy atom. The van der Waals surface area contributed by atoms with Crippen molar-refractivity contribution in [1.82, 2.24) is 0 Å². The Morgan fingerprint density at radius 2 is 0.889 bits per heavy atom. The van der Waals surface area contributed by atoms with Crippen molar-refractivity contribution in [2.45, 2.75) is 5.97 Å². The number of rotatable bonds is 4. The van der Waals surface area contributed by atoms with Gasteiger partial charge in [-0.1, -0.05) is 58.0 Å². The van der Waals surface area contributed by atoms with Crippen molar-refractivity contribution < 1.29 is 14.2 Å². The average molecular weight is 354 g/mol. The summed E-state index contributed by atoms with van der Waals surface area (Å²) in [5.41, 5.74) is 0.151. The maximum absolute atomic E-state index is 6.10. The summed E-state index contributed by atoms with van der Waals surface area (Å²) in [6.07, 6.45) is 0. The van der Waals surface area contributed by atoms with E-state index in [0.717, 1.165) is 0 Å². The van der Waals surface area contributed by atoms with Gasteiger partial charge in [0.1, 0.15) is 0 Å². The second-order valence-corrected chi connectivity index (χ2v) is 5.00. The lowest BCUT2D eigenvalue weighted by Crippen LogP contribution is -2.33. The van der Waals surface area contributed by atoms with Gasteiger partial charge in [0.2, 0.25) is 0 Å². The molecule has 1 aromatic carbocycles. The molecule has 0 atom stereocenters. The highest BCUT2D eigenvalue weighted by Gasteiger charge is 2.39. The Bertz CT molecular complexity index is 422. The van der Waals surface area contributed by atoms with Crippen LogP contribution in [0, 0.1) is 0 Å². The molecule has 3 nitrogen and oxygen atoms in total. The summed E-state index contributed by atoms with van der Waals surface area (Å²) in [5, 5.41) is 0.217. The van der Waals surface area contributed by atoms with E-state index in [1.807, 2.05) is 0 Å². The van der Waals surface area contributed by atoms with E-state index in [1.165, 1.54) is 21.3 Å². The van der Waals surface area contributed by atoms with E-state index in [4.69, 9.17) is 72.2 Å². The van der Waals surface area contributed by atoms with E-state index in [1.54, 1.807) is 0 Å². The molecule has 0 heterocycles. The van der Waals surface area contributed by atoms with Crippen molar-refractivity contribution in [3.63, 3.8) is 0 Å². The minimum atomic E-state index is -1.62. The molecule has 0 radical (unpaired) electrons. The molecule has 0 spiro atoms. The van der Waals surface area contributed by atoms with Crippen molar-refractivity contribution >= 4 is 58.0 Å². The van der Waals surface area contributed by atoms with E-state index >= 15 is 0 Å². The van der Waals surface area contributed by atoms with E-state index in [0.29, 0.717) is 0 Å². The summed E-state index contributed by atoms with van der Waals surface area (Å²) in [4.78, 5) is 0. The minimum absolute atomic E-state index is 0.0401. The molecule has 0 unspecified atom stereocenters. The van der Waals surface area contributed by atoms with Gasteiger partial charge >= 0.3 is 5.97 Å². The first-order valence-electron chi connectivity index (χ1n) is 4.53. The van der Waals surface area contributed by atoms with Crippen LogP contribution in [0.5, 0.6) is 0 Å². The number of methoxy groups -OCH3 is 3. The van der Waals surface area contributed by atoms with Crippen LogP contribution in [0.1, 0.15) is 5.56 Å². The third-order valence-electron chi connectivity index (χ3n) is 2.32. The standard InChI is InChI=1S/C10H9Cl5O3/c1-16-10(17-2,18-3)4-5(11)7(13)9(15)8(14)6(4)12/h1-3H3. The predicted octanol–water partition coefficient (Wildman–Crippen LogP) is 5.00. The smallest absolute Gasteiger partial charge is 0.314 e. The largest absolute Gasteiger partial charge is 0.327 e. The van der Waals surface area contributed by atoms with Crippen LogP contribution in [0.15, 0.2) is 0 Å². The van der Waals surface area contributed by atoms with Crippen molar-refractivity contribution in [2.24, 2.45) is 0 Å². The molecule has 0 saturated carbocycles. The number of halogens is 5. The van der Waals surface area contributed by atoms with Gasteiger partial charge in [0.05, 0.1) is 30.7 Å². The summed E-state index contributed by atoms with van der Waals surface area (Å²) < 4.78 is 15.5. The van der Waals surface area contributed by atoms with Crippen LogP contribution < -0.4 is 0 Å². The third kappa shape index (κ3) is 2.56. The molecule has 0 aromatic heterocycles.